The molecule has 3 rings (SSSR count). The number of aromatic nitrogens is 2. The quantitative estimate of drug-likeness (QED) is 0.823. The van der Waals surface area contributed by atoms with Crippen molar-refractivity contribution in [2.24, 2.45) is 0 Å². The first-order valence-corrected chi connectivity index (χ1v) is 8.23. The molecule has 1 aromatic heterocycles. The van der Waals surface area contributed by atoms with Crippen LogP contribution < -0.4 is 0 Å². The maximum absolute atomic E-state index is 12.8. The van der Waals surface area contributed by atoms with Gasteiger partial charge in [-0.3, -0.25) is 9.48 Å². The second-order valence-corrected chi connectivity index (χ2v) is 5.86. The van der Waals surface area contributed by atoms with Crippen LogP contribution in [-0.4, -0.2) is 46.4 Å². The number of amides is 1. The van der Waals surface area contributed by atoms with Crippen molar-refractivity contribution in [1.29, 1.82) is 0 Å². The molecule has 0 spiro atoms. The van der Waals surface area contributed by atoms with Crippen LogP contribution in [0.3, 0.4) is 0 Å². The number of ether oxygens (including phenoxy) is 1. The van der Waals surface area contributed by atoms with Crippen molar-refractivity contribution in [3.05, 3.63) is 53.9 Å². The topological polar surface area (TPSA) is 47.4 Å². The Balaban J connectivity index is 1.71. The first kappa shape index (κ1) is 15.7. The summed E-state index contributed by atoms with van der Waals surface area (Å²) in [5, 5.41) is 4.21. The Morgan fingerprint density at radius 3 is 3.09 bits per heavy atom. The summed E-state index contributed by atoms with van der Waals surface area (Å²) in [6.07, 6.45) is 5.76. The van der Waals surface area contributed by atoms with E-state index in [1.807, 2.05) is 53.0 Å². The normalized spacial score (nSPS) is 17.6. The van der Waals surface area contributed by atoms with Crippen LogP contribution in [-0.2, 0) is 11.3 Å². The Morgan fingerprint density at radius 1 is 1.39 bits per heavy atom. The molecule has 0 bridgehead atoms. The van der Waals surface area contributed by atoms with Gasteiger partial charge >= 0.3 is 0 Å². The molecule has 23 heavy (non-hydrogen) atoms. The van der Waals surface area contributed by atoms with Gasteiger partial charge in [-0.05, 0) is 43.5 Å². The number of benzene rings is 1. The third-order valence-electron chi connectivity index (χ3n) is 4.23. The monoisotopic (exact) mass is 313 g/mol. The Morgan fingerprint density at radius 2 is 2.30 bits per heavy atom. The van der Waals surface area contributed by atoms with Crippen LogP contribution in [0.1, 0.15) is 35.7 Å². The lowest BCUT2D eigenvalue weighted by molar-refractivity contribution is 0.0564. The van der Waals surface area contributed by atoms with Gasteiger partial charge in [0.25, 0.3) is 5.91 Å². The van der Waals surface area contributed by atoms with Crippen LogP contribution in [0.15, 0.2) is 42.7 Å². The standard InChI is InChI=1S/C18H23N3O2/c1-2-23-14-17-8-4-11-21(17)18(22)16-7-3-6-15(12-16)13-20-10-5-9-19-20/h3,5-7,9-10,12,17H,2,4,8,11,13-14H2,1H3/t17-/m1/s1. The van der Waals surface area contributed by atoms with Crippen LogP contribution in [0.25, 0.3) is 0 Å². The van der Waals surface area contributed by atoms with Gasteiger partial charge in [0.15, 0.2) is 0 Å². The third kappa shape index (κ3) is 3.79. The molecular weight excluding hydrogens is 290 g/mol. The van der Waals surface area contributed by atoms with E-state index in [-0.39, 0.29) is 11.9 Å². The van der Waals surface area contributed by atoms with Crippen molar-refractivity contribution in [3.8, 4) is 0 Å². The number of likely N-dealkylation sites (tertiary alicyclic amines) is 1. The second kappa shape index (κ2) is 7.42. The first-order chi connectivity index (χ1) is 11.3. The van der Waals surface area contributed by atoms with Crippen molar-refractivity contribution in [2.75, 3.05) is 19.8 Å². The van der Waals surface area contributed by atoms with E-state index in [9.17, 15) is 4.79 Å². The number of carbonyl (C=O) groups is 1. The van der Waals surface area contributed by atoms with Crippen LogP contribution in [0.2, 0.25) is 0 Å². The van der Waals surface area contributed by atoms with Gasteiger partial charge < -0.3 is 9.64 Å². The zero-order valence-corrected chi connectivity index (χ0v) is 13.5. The average molecular weight is 313 g/mol. The van der Waals surface area contributed by atoms with E-state index in [1.54, 1.807) is 6.20 Å². The van der Waals surface area contributed by atoms with E-state index in [2.05, 4.69) is 5.10 Å². The molecule has 1 fully saturated rings. The molecule has 0 N–H and O–H groups in total. The molecule has 1 aromatic carbocycles. The lowest BCUT2D eigenvalue weighted by atomic mass is 10.1. The summed E-state index contributed by atoms with van der Waals surface area (Å²) >= 11 is 0. The fraction of sp³-hybridized carbons (Fsp3) is 0.444. The molecule has 0 aliphatic carbocycles. The lowest BCUT2D eigenvalue weighted by Crippen LogP contribution is -2.38. The zero-order chi connectivity index (χ0) is 16.1. The van der Waals surface area contributed by atoms with E-state index in [0.29, 0.717) is 19.8 Å². The Bertz CT molecular complexity index is 639. The van der Waals surface area contributed by atoms with Gasteiger partial charge in [-0.25, -0.2) is 0 Å². The highest BCUT2D eigenvalue weighted by Crippen LogP contribution is 2.21. The van der Waals surface area contributed by atoms with Gasteiger partial charge in [-0.2, -0.15) is 5.10 Å². The van der Waals surface area contributed by atoms with Crippen molar-refractivity contribution in [1.82, 2.24) is 14.7 Å². The van der Waals surface area contributed by atoms with E-state index in [0.717, 1.165) is 30.5 Å². The van der Waals surface area contributed by atoms with Crippen LogP contribution in [0.4, 0.5) is 0 Å². The fourth-order valence-corrected chi connectivity index (χ4v) is 3.08. The molecule has 122 valence electrons. The van der Waals surface area contributed by atoms with Crippen molar-refractivity contribution < 1.29 is 9.53 Å². The number of rotatable bonds is 6. The summed E-state index contributed by atoms with van der Waals surface area (Å²) in [6, 6.07) is 9.94. The summed E-state index contributed by atoms with van der Waals surface area (Å²) in [4.78, 5) is 14.8. The summed E-state index contributed by atoms with van der Waals surface area (Å²) < 4.78 is 7.38. The summed E-state index contributed by atoms with van der Waals surface area (Å²) in [5.41, 5.74) is 1.83. The smallest absolute Gasteiger partial charge is 0.254 e. The maximum Gasteiger partial charge on any atom is 0.254 e. The second-order valence-electron chi connectivity index (χ2n) is 5.86. The van der Waals surface area contributed by atoms with E-state index >= 15 is 0 Å². The Hall–Kier alpha value is -2.14. The molecule has 1 aliphatic heterocycles. The summed E-state index contributed by atoms with van der Waals surface area (Å²) in [6.45, 7) is 4.81. The van der Waals surface area contributed by atoms with Crippen LogP contribution >= 0.6 is 0 Å². The molecule has 1 saturated heterocycles. The van der Waals surface area contributed by atoms with Gasteiger partial charge in [0.05, 0.1) is 19.2 Å². The first-order valence-electron chi connectivity index (χ1n) is 8.23. The van der Waals surface area contributed by atoms with Gasteiger partial charge in [-0.15, -0.1) is 0 Å². The van der Waals surface area contributed by atoms with E-state index in [1.165, 1.54) is 0 Å². The number of nitrogens with zero attached hydrogens (tertiary/aromatic N) is 3. The Kier molecular flexibility index (Phi) is 5.08. The van der Waals surface area contributed by atoms with Crippen LogP contribution in [0.5, 0.6) is 0 Å². The predicted octanol–water partition coefficient (Wildman–Crippen LogP) is 2.57. The molecule has 0 radical (unpaired) electrons. The Labute approximate surface area is 136 Å². The SMILES string of the molecule is CCOC[C@H]1CCCN1C(=O)c1cccc(Cn2cccn2)c1. The molecule has 1 atom stereocenters. The highest BCUT2D eigenvalue weighted by Gasteiger charge is 2.29. The van der Waals surface area contributed by atoms with Crippen molar-refractivity contribution >= 4 is 5.91 Å². The molecule has 0 saturated carbocycles. The molecule has 2 heterocycles. The summed E-state index contributed by atoms with van der Waals surface area (Å²) in [7, 11) is 0. The highest BCUT2D eigenvalue weighted by atomic mass is 16.5. The van der Waals surface area contributed by atoms with Crippen molar-refractivity contribution in [2.45, 2.75) is 32.4 Å². The minimum absolute atomic E-state index is 0.106. The molecular formula is C18H23N3O2. The lowest BCUT2D eigenvalue weighted by Gasteiger charge is -2.24. The molecule has 5 nitrogen and oxygen atoms in total. The molecule has 2 aromatic rings. The number of carbonyl (C=O) groups excluding carboxylic acids is 1. The molecule has 1 aliphatic rings. The number of hydrogen-bond donors (Lipinski definition) is 0. The van der Waals surface area contributed by atoms with Crippen LogP contribution in [0, 0.1) is 0 Å². The van der Waals surface area contributed by atoms with E-state index < -0.39 is 0 Å². The largest absolute Gasteiger partial charge is 0.380 e. The maximum atomic E-state index is 12.8. The minimum atomic E-state index is 0.106. The highest BCUT2D eigenvalue weighted by molar-refractivity contribution is 5.94. The van der Waals surface area contributed by atoms with Gasteiger partial charge in [-0.1, -0.05) is 12.1 Å². The van der Waals surface area contributed by atoms with Gasteiger partial charge in [0, 0.05) is 31.1 Å². The van der Waals surface area contributed by atoms with Gasteiger partial charge in [0.2, 0.25) is 0 Å². The molecule has 5 heteroatoms. The average Bonchev–Trinajstić information content (AvgIpc) is 3.24. The summed E-state index contributed by atoms with van der Waals surface area (Å²) in [5.74, 6) is 0.106. The van der Waals surface area contributed by atoms with E-state index in [4.69, 9.17) is 4.74 Å². The van der Waals surface area contributed by atoms with Gasteiger partial charge in [0.1, 0.15) is 0 Å². The number of hydrogen-bond acceptors (Lipinski definition) is 3. The predicted molar refractivity (Wildman–Crippen MR) is 88.3 cm³/mol. The zero-order valence-electron chi connectivity index (χ0n) is 13.5. The molecule has 0 unspecified atom stereocenters. The molecule has 1 amide bonds. The van der Waals surface area contributed by atoms with Crippen molar-refractivity contribution in [3.63, 3.8) is 0 Å². The third-order valence-corrected chi connectivity index (χ3v) is 4.23. The minimum Gasteiger partial charge on any atom is -0.380 e. The fourth-order valence-electron chi connectivity index (χ4n) is 3.08.